The molecule has 0 amide bonds. The molecule has 0 fully saturated rings. The van der Waals surface area contributed by atoms with Gasteiger partial charge < -0.3 is 9.72 Å². The highest BCUT2D eigenvalue weighted by Gasteiger charge is 2.25. The number of aryl methyl sites for hydroxylation is 2. The van der Waals surface area contributed by atoms with Gasteiger partial charge in [-0.2, -0.15) is 0 Å². The lowest BCUT2D eigenvalue weighted by atomic mass is 10.0. The van der Waals surface area contributed by atoms with Crippen molar-refractivity contribution in [3.05, 3.63) is 64.0 Å². The normalized spacial score (nSPS) is 12.2. The van der Waals surface area contributed by atoms with Crippen molar-refractivity contribution in [3.8, 4) is 0 Å². The van der Waals surface area contributed by atoms with Crippen LogP contribution in [0.5, 0.6) is 0 Å². The SMILES string of the molecule is CC(=O)c1c(C)[nH]c(C(=O)[C@@H](C)OC(=O)/C=C/c2ccccc2C)c1C. The monoisotopic (exact) mass is 353 g/mol. The topological polar surface area (TPSA) is 76.2 Å². The molecule has 0 spiro atoms. The number of ketones is 2. The molecule has 26 heavy (non-hydrogen) atoms. The van der Waals surface area contributed by atoms with E-state index >= 15 is 0 Å². The van der Waals surface area contributed by atoms with Crippen LogP contribution in [0.2, 0.25) is 0 Å². The van der Waals surface area contributed by atoms with Gasteiger partial charge in [-0.1, -0.05) is 24.3 Å². The zero-order valence-corrected chi connectivity index (χ0v) is 15.7. The minimum absolute atomic E-state index is 0.110. The first-order valence-electron chi connectivity index (χ1n) is 8.41. The first kappa shape index (κ1) is 19.4. The number of ether oxygens (including phenoxy) is 1. The number of hydrogen-bond acceptors (Lipinski definition) is 4. The van der Waals surface area contributed by atoms with Gasteiger partial charge in [0.05, 0.1) is 5.69 Å². The van der Waals surface area contributed by atoms with Gasteiger partial charge in [0, 0.05) is 17.3 Å². The van der Waals surface area contributed by atoms with Crippen molar-refractivity contribution in [3.63, 3.8) is 0 Å². The molecular formula is C21H23NO4. The Labute approximate surface area is 153 Å². The summed E-state index contributed by atoms with van der Waals surface area (Å²) in [5, 5.41) is 0. The number of H-pyrrole nitrogens is 1. The zero-order valence-electron chi connectivity index (χ0n) is 15.7. The molecule has 0 saturated carbocycles. The third-order valence-corrected chi connectivity index (χ3v) is 4.29. The van der Waals surface area contributed by atoms with E-state index < -0.39 is 12.1 Å². The maximum atomic E-state index is 12.6. The van der Waals surface area contributed by atoms with Gasteiger partial charge in [-0.25, -0.2) is 4.79 Å². The van der Waals surface area contributed by atoms with Gasteiger partial charge >= 0.3 is 5.97 Å². The van der Waals surface area contributed by atoms with E-state index in [2.05, 4.69) is 4.98 Å². The van der Waals surface area contributed by atoms with E-state index in [4.69, 9.17) is 4.74 Å². The quantitative estimate of drug-likeness (QED) is 0.484. The zero-order chi connectivity index (χ0) is 19.4. The second kappa shape index (κ2) is 7.95. The van der Waals surface area contributed by atoms with Gasteiger partial charge in [0.1, 0.15) is 0 Å². The highest BCUT2D eigenvalue weighted by Crippen LogP contribution is 2.20. The summed E-state index contributed by atoms with van der Waals surface area (Å²) in [5.74, 6) is -1.07. The fourth-order valence-electron chi connectivity index (χ4n) is 2.93. The first-order valence-corrected chi connectivity index (χ1v) is 8.41. The van der Waals surface area contributed by atoms with Crippen molar-refractivity contribution in [2.45, 2.75) is 40.7 Å². The summed E-state index contributed by atoms with van der Waals surface area (Å²) in [6.07, 6.45) is 2.01. The van der Waals surface area contributed by atoms with Crippen LogP contribution in [0, 0.1) is 20.8 Å². The second-order valence-electron chi connectivity index (χ2n) is 6.31. The van der Waals surface area contributed by atoms with Crippen molar-refractivity contribution in [1.82, 2.24) is 4.98 Å². The van der Waals surface area contributed by atoms with E-state index in [0.29, 0.717) is 22.5 Å². The average Bonchev–Trinajstić information content (AvgIpc) is 2.87. The van der Waals surface area contributed by atoms with Crippen LogP contribution < -0.4 is 0 Å². The number of nitrogens with one attached hydrogen (secondary N) is 1. The van der Waals surface area contributed by atoms with Gasteiger partial charge in [0.15, 0.2) is 11.9 Å². The number of benzene rings is 1. The lowest BCUT2D eigenvalue weighted by Crippen LogP contribution is -2.24. The van der Waals surface area contributed by atoms with E-state index in [1.807, 2.05) is 31.2 Å². The van der Waals surface area contributed by atoms with Crippen LogP contribution in [0.3, 0.4) is 0 Å². The Morgan fingerprint density at radius 3 is 2.35 bits per heavy atom. The molecule has 1 heterocycles. The molecule has 0 bridgehead atoms. The Morgan fingerprint density at radius 2 is 1.77 bits per heavy atom. The fraction of sp³-hybridized carbons (Fsp3) is 0.286. The maximum absolute atomic E-state index is 12.6. The summed E-state index contributed by atoms with van der Waals surface area (Å²) in [7, 11) is 0. The molecule has 1 N–H and O–H groups in total. The largest absolute Gasteiger partial charge is 0.451 e. The maximum Gasteiger partial charge on any atom is 0.331 e. The summed E-state index contributed by atoms with van der Waals surface area (Å²) in [6, 6.07) is 7.64. The predicted octanol–water partition coefficient (Wildman–Crippen LogP) is 3.97. The Bertz CT molecular complexity index is 889. The van der Waals surface area contributed by atoms with Gasteiger partial charge in [0.25, 0.3) is 0 Å². The van der Waals surface area contributed by atoms with Crippen LogP contribution in [-0.4, -0.2) is 28.6 Å². The van der Waals surface area contributed by atoms with Crippen LogP contribution in [0.1, 0.15) is 57.1 Å². The molecule has 0 aliphatic heterocycles. The van der Waals surface area contributed by atoms with Crippen LogP contribution in [0.25, 0.3) is 6.08 Å². The second-order valence-corrected chi connectivity index (χ2v) is 6.31. The first-order chi connectivity index (χ1) is 12.2. The lowest BCUT2D eigenvalue weighted by molar-refractivity contribution is -0.140. The molecule has 0 unspecified atom stereocenters. The number of carbonyl (C=O) groups excluding carboxylic acids is 3. The minimum Gasteiger partial charge on any atom is -0.451 e. The van der Waals surface area contributed by atoms with Crippen LogP contribution >= 0.6 is 0 Å². The smallest absolute Gasteiger partial charge is 0.331 e. The number of aromatic nitrogens is 1. The predicted molar refractivity (Wildman–Crippen MR) is 100 cm³/mol. The third kappa shape index (κ3) is 4.17. The van der Waals surface area contributed by atoms with Gasteiger partial charge in [-0.3, -0.25) is 9.59 Å². The molecule has 0 radical (unpaired) electrons. The summed E-state index contributed by atoms with van der Waals surface area (Å²) >= 11 is 0. The van der Waals surface area contributed by atoms with Gasteiger partial charge in [0.2, 0.25) is 5.78 Å². The van der Waals surface area contributed by atoms with E-state index in [0.717, 1.165) is 11.1 Å². The van der Waals surface area contributed by atoms with E-state index in [1.54, 1.807) is 19.9 Å². The number of hydrogen-bond donors (Lipinski definition) is 1. The molecule has 136 valence electrons. The Hall–Kier alpha value is -2.95. The standard InChI is InChI=1S/C21H23NO4/c1-12-8-6-7-9-17(12)10-11-18(24)26-16(5)21(25)20-13(2)19(15(4)23)14(3)22-20/h6-11,16,22H,1-5H3/b11-10+/t16-/m1/s1. The Kier molecular flexibility index (Phi) is 5.93. The van der Waals surface area contributed by atoms with E-state index in [9.17, 15) is 14.4 Å². The molecule has 0 saturated heterocycles. The Balaban J connectivity index is 2.10. The van der Waals surface area contributed by atoms with E-state index in [-0.39, 0.29) is 11.6 Å². The summed E-state index contributed by atoms with van der Waals surface area (Å²) < 4.78 is 5.21. The molecule has 1 aromatic heterocycles. The van der Waals surface area contributed by atoms with Crippen molar-refractivity contribution in [2.24, 2.45) is 0 Å². The fourth-order valence-corrected chi connectivity index (χ4v) is 2.93. The van der Waals surface area contributed by atoms with Crippen molar-refractivity contribution in [2.75, 3.05) is 0 Å². The molecule has 0 aliphatic carbocycles. The van der Waals surface area contributed by atoms with Crippen molar-refractivity contribution >= 4 is 23.6 Å². The van der Waals surface area contributed by atoms with Crippen molar-refractivity contribution < 1.29 is 19.1 Å². The highest BCUT2D eigenvalue weighted by molar-refractivity contribution is 6.05. The Morgan fingerprint density at radius 1 is 1.12 bits per heavy atom. The third-order valence-electron chi connectivity index (χ3n) is 4.29. The molecule has 5 nitrogen and oxygen atoms in total. The molecule has 1 aromatic carbocycles. The molecule has 5 heteroatoms. The number of Topliss-reactive ketones (excluding diaryl/α,β-unsaturated/α-hetero) is 2. The number of carbonyl (C=O) groups is 3. The van der Waals surface area contributed by atoms with Crippen molar-refractivity contribution in [1.29, 1.82) is 0 Å². The van der Waals surface area contributed by atoms with Crippen LogP contribution in [0.15, 0.2) is 30.3 Å². The lowest BCUT2D eigenvalue weighted by Gasteiger charge is -2.10. The molecule has 1 atom stereocenters. The summed E-state index contributed by atoms with van der Waals surface area (Å²) in [4.78, 5) is 39.2. The highest BCUT2D eigenvalue weighted by atomic mass is 16.5. The molecule has 0 aliphatic rings. The number of rotatable bonds is 6. The van der Waals surface area contributed by atoms with E-state index in [1.165, 1.54) is 19.9 Å². The number of esters is 1. The van der Waals surface area contributed by atoms with Gasteiger partial charge in [-0.05, 0) is 57.4 Å². The molecular weight excluding hydrogens is 330 g/mol. The minimum atomic E-state index is -0.958. The number of aromatic amines is 1. The van der Waals surface area contributed by atoms with Crippen LogP contribution in [-0.2, 0) is 9.53 Å². The van der Waals surface area contributed by atoms with Gasteiger partial charge in [-0.15, -0.1) is 0 Å². The van der Waals surface area contributed by atoms with Crippen LogP contribution in [0.4, 0.5) is 0 Å². The average molecular weight is 353 g/mol. The summed E-state index contributed by atoms with van der Waals surface area (Å²) in [6.45, 7) is 8.37. The molecule has 2 aromatic rings. The molecule has 2 rings (SSSR count). The summed E-state index contributed by atoms with van der Waals surface area (Å²) in [5.41, 5.74) is 3.97.